The zero-order valence-electron chi connectivity index (χ0n) is 15.4. The van der Waals surface area contributed by atoms with Crippen molar-refractivity contribution >= 4 is 33.2 Å². The average molecular weight is 373 g/mol. The molecule has 0 fully saturated rings. The molecule has 0 saturated carbocycles. The molecule has 1 aliphatic rings. The fraction of sp³-hybridized carbons (Fsp3) is 0.316. The molecule has 2 aromatic rings. The van der Waals surface area contributed by atoms with E-state index < -0.39 is 10.2 Å². The Morgan fingerprint density at radius 1 is 1.08 bits per heavy atom. The number of carbonyl (C=O) groups excluding carboxylic acids is 1. The topological polar surface area (TPSA) is 69.7 Å². The highest BCUT2D eigenvalue weighted by Crippen LogP contribution is 2.42. The van der Waals surface area contributed by atoms with Crippen LogP contribution < -0.4 is 13.9 Å². The summed E-state index contributed by atoms with van der Waals surface area (Å²) in [5.41, 5.74) is 3.57. The van der Waals surface area contributed by atoms with Crippen LogP contribution in [0.4, 0.5) is 17.1 Å². The van der Waals surface area contributed by atoms with Crippen molar-refractivity contribution in [3.05, 3.63) is 53.6 Å². The molecule has 1 aliphatic heterocycles. The van der Waals surface area contributed by atoms with Gasteiger partial charge in [0.1, 0.15) is 0 Å². The molecular formula is C19H23N3O3S. The van der Waals surface area contributed by atoms with Crippen molar-refractivity contribution in [2.75, 3.05) is 28.0 Å². The predicted octanol–water partition coefficient (Wildman–Crippen LogP) is 3.26. The summed E-state index contributed by atoms with van der Waals surface area (Å²) >= 11 is 0. The van der Waals surface area contributed by atoms with Gasteiger partial charge in [-0.25, -0.2) is 0 Å². The lowest BCUT2D eigenvalue weighted by molar-refractivity contribution is -0.117. The fourth-order valence-corrected chi connectivity index (χ4v) is 4.39. The summed E-state index contributed by atoms with van der Waals surface area (Å²) in [5.74, 6) is -0.355. The predicted molar refractivity (Wildman–Crippen MR) is 105 cm³/mol. The van der Waals surface area contributed by atoms with E-state index in [4.69, 9.17) is 0 Å². The minimum Gasteiger partial charge on any atom is -0.325 e. The second kappa shape index (κ2) is 6.64. The van der Waals surface area contributed by atoms with Crippen molar-refractivity contribution in [2.24, 2.45) is 0 Å². The van der Waals surface area contributed by atoms with Gasteiger partial charge in [0.25, 0.3) is 0 Å². The molecule has 0 saturated heterocycles. The number of hydrogen-bond donors (Lipinski definition) is 1. The molecule has 3 rings (SSSR count). The van der Waals surface area contributed by atoms with Crippen LogP contribution in [0.2, 0.25) is 0 Å². The van der Waals surface area contributed by atoms with Crippen LogP contribution in [0.15, 0.2) is 42.5 Å². The van der Waals surface area contributed by atoms with Crippen LogP contribution in [-0.4, -0.2) is 28.4 Å². The van der Waals surface area contributed by atoms with Crippen molar-refractivity contribution < 1.29 is 13.2 Å². The van der Waals surface area contributed by atoms with Gasteiger partial charge >= 0.3 is 10.2 Å². The third-order valence-corrected chi connectivity index (χ3v) is 6.65. The molecule has 0 radical (unpaired) electrons. The van der Waals surface area contributed by atoms with E-state index in [-0.39, 0.29) is 11.8 Å². The highest BCUT2D eigenvalue weighted by molar-refractivity contribution is 7.94. The van der Waals surface area contributed by atoms with Crippen LogP contribution in [0.25, 0.3) is 0 Å². The Bertz CT molecular complexity index is 942. The largest absolute Gasteiger partial charge is 0.326 e. The number of aryl methyl sites for hydroxylation is 1. The lowest BCUT2D eigenvalue weighted by atomic mass is 9.95. The number of benzene rings is 2. The molecule has 0 bridgehead atoms. The molecule has 26 heavy (non-hydrogen) atoms. The minimum atomic E-state index is -3.53. The molecule has 1 N–H and O–H groups in total. The van der Waals surface area contributed by atoms with Crippen LogP contribution >= 0.6 is 0 Å². The molecule has 1 atom stereocenters. The summed E-state index contributed by atoms with van der Waals surface area (Å²) in [6, 6.07) is 13.2. The summed E-state index contributed by atoms with van der Waals surface area (Å²) in [4.78, 5) is 12.8. The zero-order valence-corrected chi connectivity index (χ0v) is 16.2. The van der Waals surface area contributed by atoms with Gasteiger partial charge in [0.05, 0.1) is 17.3 Å². The molecule has 1 heterocycles. The van der Waals surface area contributed by atoms with Gasteiger partial charge in [-0.3, -0.25) is 13.4 Å². The summed E-state index contributed by atoms with van der Waals surface area (Å²) in [6.45, 7) is 3.83. The van der Waals surface area contributed by atoms with Gasteiger partial charge in [-0.1, -0.05) is 37.3 Å². The molecule has 0 unspecified atom stereocenters. The van der Waals surface area contributed by atoms with E-state index in [1.807, 2.05) is 44.2 Å². The first-order valence-corrected chi connectivity index (χ1v) is 9.90. The summed E-state index contributed by atoms with van der Waals surface area (Å²) in [5, 5.41) is 2.97. The number of hydrogen-bond acceptors (Lipinski definition) is 3. The van der Waals surface area contributed by atoms with Crippen LogP contribution in [0.3, 0.4) is 0 Å². The second-order valence-electron chi connectivity index (χ2n) is 6.46. The van der Waals surface area contributed by atoms with E-state index >= 15 is 0 Å². The maximum atomic E-state index is 12.8. The average Bonchev–Trinajstić information content (AvgIpc) is 2.78. The van der Waals surface area contributed by atoms with Gasteiger partial charge in [-0.15, -0.1) is 0 Å². The van der Waals surface area contributed by atoms with E-state index in [2.05, 4.69) is 5.32 Å². The monoisotopic (exact) mass is 373 g/mol. The molecule has 138 valence electrons. The smallest absolute Gasteiger partial charge is 0.325 e. The second-order valence-corrected chi connectivity index (χ2v) is 8.45. The van der Waals surface area contributed by atoms with Crippen molar-refractivity contribution in [1.82, 2.24) is 0 Å². The number of nitrogens with zero attached hydrogens (tertiary/aromatic N) is 2. The summed E-state index contributed by atoms with van der Waals surface area (Å²) in [6.07, 6.45) is 0.677. The number of fused-ring (bicyclic) bond motifs is 1. The highest BCUT2D eigenvalue weighted by atomic mass is 32.2. The Morgan fingerprint density at radius 3 is 2.23 bits per heavy atom. The Hall–Kier alpha value is -2.54. The summed E-state index contributed by atoms with van der Waals surface area (Å²) in [7, 11) is -0.498. The molecule has 0 spiro atoms. The lowest BCUT2D eigenvalue weighted by Crippen LogP contribution is -2.32. The first kappa shape index (κ1) is 18.3. The third kappa shape index (κ3) is 2.92. The van der Waals surface area contributed by atoms with Gasteiger partial charge in [0, 0.05) is 19.8 Å². The van der Waals surface area contributed by atoms with E-state index in [0.29, 0.717) is 23.5 Å². The van der Waals surface area contributed by atoms with Gasteiger partial charge in [-0.2, -0.15) is 8.42 Å². The molecule has 1 amide bonds. The molecule has 0 aliphatic carbocycles. The van der Waals surface area contributed by atoms with Gasteiger partial charge in [-0.05, 0) is 36.6 Å². The van der Waals surface area contributed by atoms with Crippen LogP contribution in [0.5, 0.6) is 0 Å². The van der Waals surface area contributed by atoms with E-state index in [9.17, 15) is 13.2 Å². The first-order chi connectivity index (χ1) is 12.3. The lowest BCUT2D eigenvalue weighted by Gasteiger charge is -2.18. The Labute approximate surface area is 154 Å². The summed E-state index contributed by atoms with van der Waals surface area (Å²) < 4.78 is 27.1. The molecular weight excluding hydrogens is 350 g/mol. The normalized spacial score (nSPS) is 16.3. The van der Waals surface area contributed by atoms with Gasteiger partial charge in [0.15, 0.2) is 0 Å². The molecule has 2 aromatic carbocycles. The third-order valence-electron chi connectivity index (χ3n) is 4.88. The zero-order chi connectivity index (χ0) is 19.1. The number of rotatable bonds is 4. The minimum absolute atomic E-state index is 0.0985. The first-order valence-electron chi connectivity index (χ1n) is 8.50. The maximum Gasteiger partial charge on any atom is 0.326 e. The SMILES string of the molecule is CC[C@H](C(=O)Nc1cc2c(cc1C)N(C)S(=O)(=O)N2C)c1ccccc1. The maximum absolute atomic E-state index is 12.8. The number of carbonyl (C=O) groups is 1. The van der Waals surface area contributed by atoms with Crippen LogP contribution in [-0.2, 0) is 15.0 Å². The van der Waals surface area contributed by atoms with E-state index in [0.717, 1.165) is 11.1 Å². The number of amides is 1. The van der Waals surface area contributed by atoms with Crippen molar-refractivity contribution in [2.45, 2.75) is 26.2 Å². The van der Waals surface area contributed by atoms with Crippen molar-refractivity contribution in [3.63, 3.8) is 0 Å². The quantitative estimate of drug-likeness (QED) is 0.894. The fourth-order valence-electron chi connectivity index (χ4n) is 3.23. The standard InChI is InChI=1S/C19H23N3O3S/c1-5-15(14-9-7-6-8-10-14)19(23)20-16-12-18-17(11-13(16)2)21(3)26(24,25)22(18)4/h6-12,15H,5H2,1-4H3,(H,20,23)/t15-/m0/s1. The number of nitrogens with one attached hydrogen (secondary N) is 1. The Kier molecular flexibility index (Phi) is 4.66. The Balaban J connectivity index is 1.92. The molecule has 6 nitrogen and oxygen atoms in total. The van der Waals surface area contributed by atoms with Crippen molar-refractivity contribution in [1.29, 1.82) is 0 Å². The molecule has 0 aromatic heterocycles. The van der Waals surface area contributed by atoms with Gasteiger partial charge in [0.2, 0.25) is 5.91 Å². The Morgan fingerprint density at radius 2 is 1.65 bits per heavy atom. The van der Waals surface area contributed by atoms with Crippen molar-refractivity contribution in [3.8, 4) is 0 Å². The van der Waals surface area contributed by atoms with Gasteiger partial charge < -0.3 is 5.32 Å². The van der Waals surface area contributed by atoms with E-state index in [1.54, 1.807) is 12.1 Å². The molecule has 7 heteroatoms. The highest BCUT2D eigenvalue weighted by Gasteiger charge is 2.36. The van der Waals surface area contributed by atoms with Crippen LogP contribution in [0.1, 0.15) is 30.4 Å². The number of anilines is 3. The van der Waals surface area contributed by atoms with Crippen LogP contribution in [0, 0.1) is 6.92 Å². The van der Waals surface area contributed by atoms with E-state index in [1.165, 1.54) is 22.7 Å².